The summed E-state index contributed by atoms with van der Waals surface area (Å²) in [7, 11) is 3.15. The Morgan fingerprint density at radius 2 is 2.11 bits per heavy atom. The molecule has 1 radical (unpaired) electrons. The van der Waals surface area contributed by atoms with E-state index >= 15 is 0 Å². The molecule has 0 saturated heterocycles. The summed E-state index contributed by atoms with van der Waals surface area (Å²) in [6.07, 6.45) is 1.32. The molecule has 2 amide bonds. The monoisotopic (exact) mass is 127 g/mol. The summed E-state index contributed by atoms with van der Waals surface area (Å²) in [4.78, 5) is 10.8. The Morgan fingerprint density at radius 3 is 2.56 bits per heavy atom. The fourth-order valence-corrected chi connectivity index (χ4v) is 0.486. The predicted octanol–water partition coefficient (Wildman–Crippen LogP) is -0.554. The normalized spacial score (nSPS) is 18.2. The lowest BCUT2D eigenvalue weighted by molar-refractivity contribution is 0.157. The minimum Gasteiger partial charge on any atom is -0.244 e. The van der Waals surface area contributed by atoms with E-state index in [9.17, 15) is 4.79 Å². The summed E-state index contributed by atoms with van der Waals surface area (Å²) >= 11 is 0. The third-order valence-corrected chi connectivity index (χ3v) is 1.00. The largest absolute Gasteiger partial charge is 0.360 e. The van der Waals surface area contributed by atoms with Gasteiger partial charge in [-0.15, -0.1) is 0 Å². The number of rotatable bonds is 0. The summed E-state index contributed by atoms with van der Waals surface area (Å²) in [5.74, 6) is 0. The van der Waals surface area contributed by atoms with Crippen LogP contribution < -0.4 is 5.43 Å². The lowest BCUT2D eigenvalue weighted by Crippen LogP contribution is -2.44. The van der Waals surface area contributed by atoms with Gasteiger partial charge in [0.25, 0.3) is 0 Å². The van der Waals surface area contributed by atoms with E-state index in [0.717, 1.165) is 0 Å². The van der Waals surface area contributed by atoms with Crippen molar-refractivity contribution in [1.29, 1.82) is 0 Å². The highest BCUT2D eigenvalue weighted by molar-refractivity contribution is 5.78. The Balaban J connectivity index is 2.69. The molecule has 0 atom stereocenters. The van der Waals surface area contributed by atoms with E-state index in [2.05, 4.69) is 10.5 Å². The van der Waals surface area contributed by atoms with Gasteiger partial charge in [0.2, 0.25) is 0 Å². The molecule has 1 aliphatic rings. The van der Waals surface area contributed by atoms with Crippen LogP contribution in [0, 0.1) is 0 Å². The van der Waals surface area contributed by atoms with Gasteiger partial charge in [0.05, 0.1) is 0 Å². The van der Waals surface area contributed by atoms with Crippen LogP contribution >= 0.6 is 0 Å². The van der Waals surface area contributed by atoms with E-state index in [1.165, 1.54) is 16.4 Å². The molecule has 1 aliphatic heterocycles. The quantitative estimate of drug-likeness (QED) is 0.430. The molecule has 49 valence electrons. The standard InChI is InChI=1S/C4H7N4O/c1-7-4(9)8(2)6-3-5-7/h3H,1-2H3. The van der Waals surface area contributed by atoms with Gasteiger partial charge in [0, 0.05) is 14.1 Å². The number of carbonyl (C=O) groups excluding carboxylic acids is 1. The van der Waals surface area contributed by atoms with Crippen molar-refractivity contribution in [2.75, 3.05) is 14.1 Å². The SMILES string of the molecule is CN1[N]C=NN(C)C1=O. The summed E-state index contributed by atoms with van der Waals surface area (Å²) in [6, 6.07) is -0.225. The Labute approximate surface area is 52.9 Å². The van der Waals surface area contributed by atoms with Crippen molar-refractivity contribution in [2.24, 2.45) is 5.10 Å². The Morgan fingerprint density at radius 1 is 1.44 bits per heavy atom. The van der Waals surface area contributed by atoms with E-state index in [4.69, 9.17) is 0 Å². The molecule has 1 heterocycles. The molecule has 0 unspecified atom stereocenters. The maximum atomic E-state index is 10.8. The first-order valence-electron chi connectivity index (χ1n) is 2.46. The molecule has 0 spiro atoms. The minimum atomic E-state index is -0.225. The Hall–Kier alpha value is -1.26. The summed E-state index contributed by atoms with van der Waals surface area (Å²) in [6.45, 7) is 0. The second-order valence-electron chi connectivity index (χ2n) is 1.68. The Bertz CT molecular complexity index is 155. The van der Waals surface area contributed by atoms with E-state index in [1.54, 1.807) is 14.1 Å². The molecule has 0 fully saturated rings. The van der Waals surface area contributed by atoms with Crippen molar-refractivity contribution < 1.29 is 4.79 Å². The zero-order valence-electron chi connectivity index (χ0n) is 5.27. The smallest absolute Gasteiger partial charge is 0.244 e. The van der Waals surface area contributed by atoms with Gasteiger partial charge in [0.1, 0.15) is 0 Å². The molecule has 5 nitrogen and oxygen atoms in total. The fourth-order valence-electron chi connectivity index (χ4n) is 0.486. The van der Waals surface area contributed by atoms with Crippen LogP contribution in [0.1, 0.15) is 0 Å². The lowest BCUT2D eigenvalue weighted by atomic mass is 10.8. The van der Waals surface area contributed by atoms with Crippen molar-refractivity contribution in [1.82, 2.24) is 15.4 Å². The van der Waals surface area contributed by atoms with Gasteiger partial charge in [-0.3, -0.25) is 0 Å². The molecule has 0 saturated carbocycles. The van der Waals surface area contributed by atoms with Crippen molar-refractivity contribution >= 4 is 12.4 Å². The van der Waals surface area contributed by atoms with Gasteiger partial charge in [0.15, 0.2) is 6.34 Å². The highest BCUT2D eigenvalue weighted by atomic mass is 16.2. The average molecular weight is 127 g/mol. The van der Waals surface area contributed by atoms with Gasteiger partial charge in [-0.2, -0.15) is 10.5 Å². The maximum absolute atomic E-state index is 10.8. The molecule has 0 bridgehead atoms. The van der Waals surface area contributed by atoms with Crippen molar-refractivity contribution in [3.8, 4) is 0 Å². The molecule has 5 heteroatoms. The molecule has 9 heavy (non-hydrogen) atoms. The van der Waals surface area contributed by atoms with Gasteiger partial charge in [-0.05, 0) is 0 Å². The molecular weight excluding hydrogens is 120 g/mol. The highest BCUT2D eigenvalue weighted by Gasteiger charge is 2.16. The summed E-state index contributed by atoms with van der Waals surface area (Å²) in [5.41, 5.74) is 3.61. The minimum absolute atomic E-state index is 0.225. The highest BCUT2D eigenvalue weighted by Crippen LogP contribution is 1.94. The number of hydrogen-bond acceptors (Lipinski definition) is 2. The lowest BCUT2D eigenvalue weighted by Gasteiger charge is -2.21. The van der Waals surface area contributed by atoms with Crippen LogP contribution in [0.25, 0.3) is 0 Å². The van der Waals surface area contributed by atoms with Gasteiger partial charge < -0.3 is 0 Å². The van der Waals surface area contributed by atoms with Crippen LogP contribution in [0.5, 0.6) is 0 Å². The van der Waals surface area contributed by atoms with Gasteiger partial charge in [-0.25, -0.2) is 14.8 Å². The maximum Gasteiger partial charge on any atom is 0.360 e. The van der Waals surface area contributed by atoms with E-state index in [0.29, 0.717) is 0 Å². The summed E-state index contributed by atoms with van der Waals surface area (Å²) in [5, 5.41) is 6.04. The van der Waals surface area contributed by atoms with Crippen molar-refractivity contribution in [2.45, 2.75) is 0 Å². The molecule has 0 aromatic heterocycles. The van der Waals surface area contributed by atoms with E-state index in [-0.39, 0.29) is 6.03 Å². The van der Waals surface area contributed by atoms with Crippen LogP contribution in [0.15, 0.2) is 5.10 Å². The van der Waals surface area contributed by atoms with Crippen LogP contribution in [-0.4, -0.2) is 36.5 Å². The number of urea groups is 1. The van der Waals surface area contributed by atoms with Gasteiger partial charge >= 0.3 is 6.03 Å². The first-order valence-corrected chi connectivity index (χ1v) is 2.46. The Kier molecular flexibility index (Phi) is 1.26. The third kappa shape index (κ3) is 0.933. The molecule has 0 aromatic carbocycles. The molecule has 0 N–H and O–H groups in total. The molecule has 0 aromatic rings. The van der Waals surface area contributed by atoms with E-state index in [1.807, 2.05) is 0 Å². The second kappa shape index (κ2) is 1.93. The fraction of sp³-hybridized carbons (Fsp3) is 0.500. The second-order valence-corrected chi connectivity index (χ2v) is 1.68. The first-order chi connectivity index (χ1) is 4.22. The zero-order valence-corrected chi connectivity index (χ0v) is 5.27. The zero-order chi connectivity index (χ0) is 6.85. The number of nitrogens with zero attached hydrogens (tertiary/aromatic N) is 4. The van der Waals surface area contributed by atoms with E-state index < -0.39 is 0 Å². The van der Waals surface area contributed by atoms with Crippen molar-refractivity contribution in [3.05, 3.63) is 0 Å². The average Bonchev–Trinajstić information content (AvgIpc) is 1.83. The molecular formula is C4H7N4O. The predicted molar refractivity (Wildman–Crippen MR) is 31.5 cm³/mol. The summed E-state index contributed by atoms with van der Waals surface area (Å²) < 4.78 is 0. The van der Waals surface area contributed by atoms with Crippen molar-refractivity contribution in [3.63, 3.8) is 0 Å². The van der Waals surface area contributed by atoms with Crippen LogP contribution in [0.2, 0.25) is 0 Å². The van der Waals surface area contributed by atoms with Gasteiger partial charge in [-0.1, -0.05) is 0 Å². The first kappa shape index (κ1) is 5.87. The number of amides is 2. The topological polar surface area (TPSA) is 50.0 Å². The van der Waals surface area contributed by atoms with Crippen LogP contribution in [0.3, 0.4) is 0 Å². The number of hydrazone groups is 1. The van der Waals surface area contributed by atoms with Crippen LogP contribution in [-0.2, 0) is 0 Å². The molecule has 0 aliphatic carbocycles. The number of carbonyl (C=O) groups is 1. The number of hydrogen-bond donors (Lipinski definition) is 0. The third-order valence-electron chi connectivity index (χ3n) is 1.00. The van der Waals surface area contributed by atoms with Crippen LogP contribution in [0.4, 0.5) is 4.79 Å². The molecule has 1 rings (SSSR count).